The van der Waals surface area contributed by atoms with E-state index < -0.39 is 6.04 Å². The van der Waals surface area contributed by atoms with Crippen molar-refractivity contribution in [1.82, 2.24) is 10.2 Å². The number of nitrogens with one attached hydrogen (secondary N) is 1. The minimum atomic E-state index is -0.493. The molecule has 3 atom stereocenters. The van der Waals surface area contributed by atoms with Crippen LogP contribution >= 0.6 is 0 Å². The van der Waals surface area contributed by atoms with Crippen LogP contribution in [0.15, 0.2) is 0 Å². The highest BCUT2D eigenvalue weighted by molar-refractivity contribution is 5.88. The van der Waals surface area contributed by atoms with Crippen LogP contribution in [-0.4, -0.2) is 55.6 Å². The van der Waals surface area contributed by atoms with Crippen LogP contribution in [0, 0.1) is 5.92 Å². The molecule has 1 aliphatic heterocycles. The molecule has 2 rings (SSSR count). The predicted molar refractivity (Wildman–Crippen MR) is 65.7 cm³/mol. The van der Waals surface area contributed by atoms with E-state index in [9.17, 15) is 9.59 Å². The number of nitrogens with two attached hydrogens (primary N) is 1. The predicted octanol–water partition coefficient (Wildman–Crippen LogP) is -0.913. The van der Waals surface area contributed by atoms with E-state index in [1.165, 1.54) is 0 Å². The molecule has 2 fully saturated rings. The number of likely N-dealkylation sites (N-methyl/N-ethyl adjacent to an activating group) is 1. The van der Waals surface area contributed by atoms with Gasteiger partial charge in [0.1, 0.15) is 6.04 Å². The Morgan fingerprint density at radius 2 is 2.17 bits per heavy atom. The standard InChI is InChI=1S/C12H21N3O3/c1-14-11(16)10-7-18-5-4-15(10)12(17)8-2-3-9(13)6-8/h8-10H,2-7,13H2,1H3,(H,14,16). The van der Waals surface area contributed by atoms with Crippen molar-refractivity contribution in [3.8, 4) is 0 Å². The fourth-order valence-electron chi connectivity index (χ4n) is 2.73. The van der Waals surface area contributed by atoms with Gasteiger partial charge in [0.05, 0.1) is 13.2 Å². The fraction of sp³-hybridized carbons (Fsp3) is 0.833. The number of rotatable bonds is 2. The number of hydrogen-bond donors (Lipinski definition) is 2. The van der Waals surface area contributed by atoms with E-state index in [0.29, 0.717) is 13.2 Å². The SMILES string of the molecule is CNC(=O)C1COCCN1C(=O)C1CCC(N)C1. The molecule has 1 aliphatic carbocycles. The van der Waals surface area contributed by atoms with E-state index in [-0.39, 0.29) is 30.4 Å². The van der Waals surface area contributed by atoms with Crippen LogP contribution in [0.3, 0.4) is 0 Å². The van der Waals surface area contributed by atoms with Gasteiger partial charge in [0.15, 0.2) is 0 Å². The van der Waals surface area contributed by atoms with E-state index in [1.54, 1.807) is 11.9 Å². The molecule has 1 saturated heterocycles. The number of amides is 2. The maximum Gasteiger partial charge on any atom is 0.244 e. The number of hydrogen-bond acceptors (Lipinski definition) is 4. The summed E-state index contributed by atoms with van der Waals surface area (Å²) in [6, 6.07) is -0.369. The Bertz CT molecular complexity index is 335. The van der Waals surface area contributed by atoms with Crippen LogP contribution in [-0.2, 0) is 14.3 Å². The second-order valence-electron chi connectivity index (χ2n) is 5.01. The maximum absolute atomic E-state index is 12.4. The molecule has 0 aromatic heterocycles. The summed E-state index contributed by atoms with van der Waals surface area (Å²) in [6.45, 7) is 1.27. The zero-order valence-corrected chi connectivity index (χ0v) is 10.7. The van der Waals surface area contributed by atoms with Crippen LogP contribution in [0.1, 0.15) is 19.3 Å². The molecule has 0 bridgehead atoms. The molecule has 3 unspecified atom stereocenters. The van der Waals surface area contributed by atoms with E-state index in [1.807, 2.05) is 0 Å². The number of morpholine rings is 1. The monoisotopic (exact) mass is 255 g/mol. The van der Waals surface area contributed by atoms with E-state index in [0.717, 1.165) is 19.3 Å². The quantitative estimate of drug-likeness (QED) is 0.669. The highest BCUT2D eigenvalue weighted by Gasteiger charge is 2.37. The topological polar surface area (TPSA) is 84.7 Å². The van der Waals surface area contributed by atoms with Crippen molar-refractivity contribution in [2.75, 3.05) is 26.8 Å². The van der Waals surface area contributed by atoms with Gasteiger partial charge >= 0.3 is 0 Å². The second kappa shape index (κ2) is 5.67. The van der Waals surface area contributed by atoms with Gasteiger partial charge in [0.2, 0.25) is 11.8 Å². The first-order chi connectivity index (χ1) is 8.63. The summed E-state index contributed by atoms with van der Waals surface area (Å²) >= 11 is 0. The molecular formula is C12H21N3O3. The summed E-state index contributed by atoms with van der Waals surface area (Å²) < 4.78 is 5.29. The molecule has 102 valence electrons. The molecule has 6 nitrogen and oxygen atoms in total. The van der Waals surface area contributed by atoms with E-state index >= 15 is 0 Å². The molecule has 0 aromatic carbocycles. The van der Waals surface area contributed by atoms with Gasteiger partial charge in [0, 0.05) is 25.6 Å². The van der Waals surface area contributed by atoms with Crippen molar-refractivity contribution in [3.63, 3.8) is 0 Å². The summed E-state index contributed by atoms with van der Waals surface area (Å²) in [4.78, 5) is 25.8. The molecule has 2 amide bonds. The van der Waals surface area contributed by atoms with Gasteiger partial charge in [0.25, 0.3) is 0 Å². The first kappa shape index (κ1) is 13.3. The number of carbonyl (C=O) groups is 2. The third kappa shape index (κ3) is 2.64. The highest BCUT2D eigenvalue weighted by Crippen LogP contribution is 2.27. The third-order valence-electron chi connectivity index (χ3n) is 3.78. The first-order valence-electron chi connectivity index (χ1n) is 6.49. The maximum atomic E-state index is 12.4. The highest BCUT2D eigenvalue weighted by atomic mass is 16.5. The molecule has 18 heavy (non-hydrogen) atoms. The van der Waals surface area contributed by atoms with Crippen molar-refractivity contribution >= 4 is 11.8 Å². The first-order valence-corrected chi connectivity index (χ1v) is 6.49. The lowest BCUT2D eigenvalue weighted by molar-refractivity contribution is -0.151. The Kier molecular flexibility index (Phi) is 4.19. The Balaban J connectivity index is 2.04. The molecule has 0 aromatic rings. The molecule has 0 radical (unpaired) electrons. The third-order valence-corrected chi connectivity index (χ3v) is 3.78. The summed E-state index contributed by atoms with van der Waals surface area (Å²) in [6.07, 6.45) is 2.46. The Labute approximate surface area is 107 Å². The van der Waals surface area contributed by atoms with Crippen molar-refractivity contribution in [3.05, 3.63) is 0 Å². The van der Waals surface area contributed by atoms with Gasteiger partial charge < -0.3 is 20.7 Å². The molecule has 6 heteroatoms. The van der Waals surface area contributed by atoms with Crippen LogP contribution in [0.25, 0.3) is 0 Å². The van der Waals surface area contributed by atoms with Crippen molar-refractivity contribution in [2.24, 2.45) is 11.7 Å². The molecule has 2 aliphatic rings. The lowest BCUT2D eigenvalue weighted by atomic mass is 10.0. The van der Waals surface area contributed by atoms with Crippen LogP contribution in [0.2, 0.25) is 0 Å². The van der Waals surface area contributed by atoms with Gasteiger partial charge in [-0.3, -0.25) is 9.59 Å². The van der Waals surface area contributed by atoms with E-state index in [4.69, 9.17) is 10.5 Å². The largest absolute Gasteiger partial charge is 0.377 e. The Hall–Kier alpha value is -1.14. The average molecular weight is 255 g/mol. The molecule has 0 spiro atoms. The molecule has 1 saturated carbocycles. The van der Waals surface area contributed by atoms with Crippen LogP contribution < -0.4 is 11.1 Å². The minimum Gasteiger partial charge on any atom is -0.377 e. The summed E-state index contributed by atoms with van der Waals surface area (Å²) in [7, 11) is 1.57. The smallest absolute Gasteiger partial charge is 0.244 e. The lowest BCUT2D eigenvalue weighted by Crippen LogP contribution is -2.56. The van der Waals surface area contributed by atoms with Crippen molar-refractivity contribution in [2.45, 2.75) is 31.3 Å². The Morgan fingerprint density at radius 3 is 2.78 bits per heavy atom. The van der Waals surface area contributed by atoms with Gasteiger partial charge in [-0.05, 0) is 19.3 Å². The lowest BCUT2D eigenvalue weighted by Gasteiger charge is -2.35. The van der Waals surface area contributed by atoms with E-state index in [2.05, 4.69) is 5.32 Å². The van der Waals surface area contributed by atoms with Gasteiger partial charge in [-0.2, -0.15) is 0 Å². The molecule has 3 N–H and O–H groups in total. The number of nitrogens with zero attached hydrogens (tertiary/aromatic N) is 1. The Morgan fingerprint density at radius 1 is 1.39 bits per heavy atom. The molecule has 1 heterocycles. The average Bonchev–Trinajstić information content (AvgIpc) is 2.83. The summed E-state index contributed by atoms with van der Waals surface area (Å²) in [5, 5.41) is 2.58. The zero-order chi connectivity index (χ0) is 13.1. The number of carbonyl (C=O) groups excluding carboxylic acids is 2. The van der Waals surface area contributed by atoms with Crippen LogP contribution in [0.4, 0.5) is 0 Å². The normalized spacial score (nSPS) is 32.3. The van der Waals surface area contributed by atoms with Crippen LogP contribution in [0.5, 0.6) is 0 Å². The van der Waals surface area contributed by atoms with Crippen molar-refractivity contribution < 1.29 is 14.3 Å². The summed E-state index contributed by atoms with van der Waals surface area (Å²) in [5.74, 6) is -0.129. The van der Waals surface area contributed by atoms with Gasteiger partial charge in [-0.25, -0.2) is 0 Å². The summed E-state index contributed by atoms with van der Waals surface area (Å²) in [5.41, 5.74) is 5.84. The molecular weight excluding hydrogens is 234 g/mol. The van der Waals surface area contributed by atoms with Crippen molar-refractivity contribution in [1.29, 1.82) is 0 Å². The fourth-order valence-corrected chi connectivity index (χ4v) is 2.73. The minimum absolute atomic E-state index is 0.0229. The second-order valence-corrected chi connectivity index (χ2v) is 5.01. The number of ether oxygens (including phenoxy) is 1. The zero-order valence-electron chi connectivity index (χ0n) is 10.7. The van der Waals surface area contributed by atoms with Gasteiger partial charge in [-0.1, -0.05) is 0 Å². The van der Waals surface area contributed by atoms with Gasteiger partial charge in [-0.15, -0.1) is 0 Å².